The number of hydrogen-bond donors (Lipinski definition) is 3. The Morgan fingerprint density at radius 2 is 1.90 bits per heavy atom. The number of carbonyl (C=O) groups excluding carboxylic acids is 1. The van der Waals surface area contributed by atoms with Gasteiger partial charge in [0.15, 0.2) is 0 Å². The average molecular weight is 280 g/mol. The molecule has 0 aromatic heterocycles. The van der Waals surface area contributed by atoms with Crippen LogP contribution in [0.2, 0.25) is 0 Å². The van der Waals surface area contributed by atoms with Crippen molar-refractivity contribution < 1.29 is 14.6 Å². The first-order chi connectivity index (χ1) is 9.35. The molecule has 1 atom stereocenters. The summed E-state index contributed by atoms with van der Waals surface area (Å²) in [6.07, 6.45) is 0.554. The molecule has 0 radical (unpaired) electrons. The zero-order chi connectivity index (χ0) is 15.2. The van der Waals surface area contributed by atoms with Gasteiger partial charge in [0.05, 0.1) is 6.04 Å². The number of carbonyl (C=O) groups is 1. The molecule has 1 amide bonds. The van der Waals surface area contributed by atoms with Crippen molar-refractivity contribution >= 4 is 5.91 Å². The van der Waals surface area contributed by atoms with Gasteiger partial charge in [-0.05, 0) is 51.9 Å². The molecule has 1 rings (SSSR count). The minimum absolute atomic E-state index is 0.218. The van der Waals surface area contributed by atoms with Gasteiger partial charge in [0.25, 0.3) is 0 Å². The largest absolute Gasteiger partial charge is 0.488 e. The van der Waals surface area contributed by atoms with Crippen molar-refractivity contribution in [3.05, 3.63) is 29.8 Å². The van der Waals surface area contributed by atoms with Crippen molar-refractivity contribution in [1.29, 1.82) is 0 Å². The highest BCUT2D eigenvalue weighted by molar-refractivity contribution is 5.81. The third-order valence-electron chi connectivity index (χ3n) is 2.71. The van der Waals surface area contributed by atoms with Crippen molar-refractivity contribution in [2.45, 2.75) is 38.8 Å². The van der Waals surface area contributed by atoms with Gasteiger partial charge in [-0.15, -0.1) is 0 Å². The van der Waals surface area contributed by atoms with Crippen LogP contribution in [0.15, 0.2) is 24.3 Å². The van der Waals surface area contributed by atoms with Gasteiger partial charge in [-0.3, -0.25) is 4.79 Å². The predicted octanol–water partition coefficient (Wildman–Crippen LogP) is 1.06. The van der Waals surface area contributed by atoms with Crippen LogP contribution in [0.1, 0.15) is 26.3 Å². The molecule has 1 unspecified atom stereocenters. The van der Waals surface area contributed by atoms with Crippen molar-refractivity contribution in [3.8, 4) is 5.75 Å². The van der Waals surface area contributed by atoms with E-state index in [0.29, 0.717) is 6.42 Å². The van der Waals surface area contributed by atoms with E-state index in [1.807, 2.05) is 45.0 Å². The van der Waals surface area contributed by atoms with Crippen LogP contribution in [-0.2, 0) is 11.2 Å². The smallest absolute Gasteiger partial charge is 0.239 e. The lowest BCUT2D eigenvalue weighted by Crippen LogP contribution is -2.44. The van der Waals surface area contributed by atoms with Crippen molar-refractivity contribution in [1.82, 2.24) is 10.6 Å². The third-order valence-corrected chi connectivity index (χ3v) is 2.71. The second-order valence-electron chi connectivity index (χ2n) is 5.60. The lowest BCUT2D eigenvalue weighted by Gasteiger charge is -2.21. The first kappa shape index (κ1) is 16.5. The number of likely N-dealkylation sites (N-methyl/N-ethyl adjacent to an activating group) is 1. The Kier molecular flexibility index (Phi) is 5.98. The molecule has 1 aromatic rings. The van der Waals surface area contributed by atoms with Gasteiger partial charge in [0, 0.05) is 0 Å². The molecule has 112 valence electrons. The molecule has 0 saturated carbocycles. The van der Waals surface area contributed by atoms with E-state index >= 15 is 0 Å². The summed E-state index contributed by atoms with van der Waals surface area (Å²) in [5.41, 5.74) is 0.800. The van der Waals surface area contributed by atoms with E-state index in [2.05, 4.69) is 10.6 Å². The van der Waals surface area contributed by atoms with Crippen LogP contribution in [0.25, 0.3) is 0 Å². The van der Waals surface area contributed by atoms with Gasteiger partial charge in [-0.25, -0.2) is 0 Å². The molecule has 20 heavy (non-hydrogen) atoms. The molecule has 0 heterocycles. The number of nitrogens with one attached hydrogen (secondary N) is 2. The number of benzene rings is 1. The molecule has 0 aliphatic carbocycles. The van der Waals surface area contributed by atoms with Crippen LogP contribution in [0.4, 0.5) is 0 Å². The summed E-state index contributed by atoms with van der Waals surface area (Å²) < 4.78 is 5.75. The normalized spacial score (nSPS) is 12.8. The number of rotatable bonds is 6. The van der Waals surface area contributed by atoms with E-state index in [1.165, 1.54) is 0 Å². The first-order valence-corrected chi connectivity index (χ1v) is 6.69. The standard InChI is InChI=1S/C15H24N2O3/c1-15(2,3)20-12-7-5-11(6-8-12)9-13(16-4)14(19)17-10-18/h5-8,13,16,18H,9-10H2,1-4H3,(H,17,19). The molecular weight excluding hydrogens is 256 g/mol. The van der Waals surface area contributed by atoms with Crippen LogP contribution >= 0.6 is 0 Å². The predicted molar refractivity (Wildman–Crippen MR) is 78.6 cm³/mol. The summed E-state index contributed by atoms with van der Waals surface area (Å²) in [6.45, 7) is 5.64. The van der Waals surface area contributed by atoms with Gasteiger partial charge in [-0.1, -0.05) is 12.1 Å². The van der Waals surface area contributed by atoms with Crippen LogP contribution in [0.5, 0.6) is 5.75 Å². The van der Waals surface area contributed by atoms with E-state index in [4.69, 9.17) is 9.84 Å². The Balaban J connectivity index is 2.66. The maximum atomic E-state index is 11.7. The van der Waals surface area contributed by atoms with Gasteiger partial charge in [0.1, 0.15) is 18.1 Å². The first-order valence-electron chi connectivity index (χ1n) is 6.69. The molecular formula is C15H24N2O3. The number of amides is 1. The fraction of sp³-hybridized carbons (Fsp3) is 0.533. The average Bonchev–Trinajstić information content (AvgIpc) is 2.36. The van der Waals surface area contributed by atoms with Crippen LogP contribution < -0.4 is 15.4 Å². The molecule has 5 nitrogen and oxygen atoms in total. The quantitative estimate of drug-likeness (QED) is 0.682. The highest BCUT2D eigenvalue weighted by Crippen LogP contribution is 2.19. The Bertz CT molecular complexity index is 424. The number of aliphatic hydroxyl groups excluding tert-OH is 1. The van der Waals surface area contributed by atoms with Gasteiger partial charge in [0.2, 0.25) is 5.91 Å². The van der Waals surface area contributed by atoms with Gasteiger partial charge < -0.3 is 20.5 Å². The third kappa shape index (κ3) is 5.59. The Labute approximate surface area is 120 Å². The molecule has 0 aliphatic rings. The number of ether oxygens (including phenoxy) is 1. The van der Waals surface area contributed by atoms with Crippen molar-refractivity contribution in [2.24, 2.45) is 0 Å². The summed E-state index contributed by atoms with van der Waals surface area (Å²) >= 11 is 0. The lowest BCUT2D eigenvalue weighted by atomic mass is 10.1. The highest BCUT2D eigenvalue weighted by atomic mass is 16.5. The topological polar surface area (TPSA) is 70.6 Å². The molecule has 0 spiro atoms. The summed E-state index contributed by atoms with van der Waals surface area (Å²) in [6, 6.07) is 7.32. The number of aliphatic hydroxyl groups is 1. The Morgan fingerprint density at radius 1 is 1.30 bits per heavy atom. The maximum Gasteiger partial charge on any atom is 0.239 e. The van der Waals surface area contributed by atoms with Gasteiger partial charge >= 0.3 is 0 Å². The summed E-state index contributed by atoms with van der Waals surface area (Å²) in [5, 5.41) is 14.0. The molecule has 1 aromatic carbocycles. The van der Waals surface area contributed by atoms with Crippen molar-refractivity contribution in [3.63, 3.8) is 0 Å². The molecule has 5 heteroatoms. The van der Waals surface area contributed by atoms with E-state index in [9.17, 15) is 4.79 Å². The Hall–Kier alpha value is -1.59. The van der Waals surface area contributed by atoms with Crippen LogP contribution in [0, 0.1) is 0 Å². The maximum absolute atomic E-state index is 11.7. The van der Waals surface area contributed by atoms with Crippen LogP contribution in [0.3, 0.4) is 0 Å². The SMILES string of the molecule is CNC(Cc1ccc(OC(C)(C)C)cc1)C(=O)NCO. The molecule has 0 saturated heterocycles. The second-order valence-corrected chi connectivity index (χ2v) is 5.60. The van der Waals surface area contributed by atoms with Crippen LogP contribution in [-0.4, -0.2) is 36.4 Å². The lowest BCUT2D eigenvalue weighted by molar-refractivity contribution is -0.124. The Morgan fingerprint density at radius 3 is 2.35 bits per heavy atom. The molecule has 0 aliphatic heterocycles. The van der Waals surface area contributed by atoms with E-state index < -0.39 is 0 Å². The number of hydrogen-bond acceptors (Lipinski definition) is 4. The monoisotopic (exact) mass is 280 g/mol. The van der Waals surface area contributed by atoms with E-state index in [0.717, 1.165) is 11.3 Å². The minimum atomic E-state index is -0.364. The summed E-state index contributed by atoms with van der Waals surface area (Å²) in [7, 11) is 1.72. The molecule has 0 fully saturated rings. The zero-order valence-corrected chi connectivity index (χ0v) is 12.6. The molecule has 0 bridgehead atoms. The minimum Gasteiger partial charge on any atom is -0.488 e. The highest BCUT2D eigenvalue weighted by Gasteiger charge is 2.16. The second kappa shape index (κ2) is 7.26. The zero-order valence-electron chi connectivity index (χ0n) is 12.6. The van der Waals surface area contributed by atoms with E-state index in [1.54, 1.807) is 7.05 Å². The molecule has 3 N–H and O–H groups in total. The summed E-state index contributed by atoms with van der Waals surface area (Å²) in [5.74, 6) is 0.590. The van der Waals surface area contributed by atoms with Crippen molar-refractivity contribution in [2.75, 3.05) is 13.8 Å². The van der Waals surface area contributed by atoms with E-state index in [-0.39, 0.29) is 24.3 Å². The fourth-order valence-corrected chi connectivity index (χ4v) is 1.81. The fourth-order valence-electron chi connectivity index (χ4n) is 1.81. The van der Waals surface area contributed by atoms with Gasteiger partial charge in [-0.2, -0.15) is 0 Å². The summed E-state index contributed by atoms with van der Waals surface area (Å²) in [4.78, 5) is 11.7.